The van der Waals surface area contributed by atoms with Gasteiger partial charge in [-0.3, -0.25) is 0 Å². The van der Waals surface area contributed by atoms with Gasteiger partial charge in [0.1, 0.15) is 17.4 Å². The van der Waals surface area contributed by atoms with Gasteiger partial charge in [0.05, 0.1) is 28.7 Å². The van der Waals surface area contributed by atoms with Gasteiger partial charge >= 0.3 is 0 Å². The summed E-state index contributed by atoms with van der Waals surface area (Å²) in [5, 5.41) is 16.1. The Morgan fingerprint density at radius 2 is 1.86 bits per heavy atom. The lowest BCUT2D eigenvalue weighted by Gasteiger charge is -2.15. The van der Waals surface area contributed by atoms with E-state index in [1.54, 1.807) is 17.5 Å². The fourth-order valence-electron chi connectivity index (χ4n) is 3.84. The first kappa shape index (κ1) is 24.8. The lowest BCUT2D eigenvalue weighted by atomic mass is 9.99. The van der Waals surface area contributed by atoms with Crippen LogP contribution in [0.5, 0.6) is 5.75 Å². The van der Waals surface area contributed by atoms with Gasteiger partial charge in [-0.1, -0.05) is 0 Å². The molecule has 10 heteroatoms. The van der Waals surface area contributed by atoms with Gasteiger partial charge < -0.3 is 26.0 Å². The molecule has 2 aromatic carbocycles. The van der Waals surface area contributed by atoms with Gasteiger partial charge in [0.15, 0.2) is 0 Å². The number of likely N-dealkylation sites (N-methyl/N-ethyl adjacent to an activating group) is 1. The number of nitrogens with one attached hydrogen (secondary N) is 2. The molecule has 0 unspecified atom stereocenters. The zero-order valence-corrected chi connectivity index (χ0v) is 21.4. The molecule has 0 saturated carbocycles. The lowest BCUT2D eigenvalue weighted by molar-refractivity contribution is 0.329. The Balaban J connectivity index is 1.45. The summed E-state index contributed by atoms with van der Waals surface area (Å²) in [6.07, 6.45) is 1.71. The van der Waals surface area contributed by atoms with Crippen LogP contribution < -0.4 is 21.1 Å². The van der Waals surface area contributed by atoms with E-state index >= 15 is 0 Å². The van der Waals surface area contributed by atoms with Crippen LogP contribution in [0.1, 0.15) is 16.1 Å². The number of aryl methyl sites for hydroxylation is 2. The van der Waals surface area contributed by atoms with E-state index in [9.17, 15) is 0 Å². The number of thiazole rings is 1. The molecule has 0 atom stereocenters. The van der Waals surface area contributed by atoms with Crippen LogP contribution in [0.4, 0.5) is 11.6 Å². The van der Waals surface area contributed by atoms with Gasteiger partial charge in [-0.2, -0.15) is 5.10 Å². The summed E-state index contributed by atoms with van der Waals surface area (Å²) in [5.41, 5.74) is 11.7. The Morgan fingerprint density at radius 1 is 1.06 bits per heavy atom. The molecule has 4 N–H and O–H groups in total. The molecule has 2 heterocycles. The Labute approximate surface area is 209 Å². The summed E-state index contributed by atoms with van der Waals surface area (Å²) in [7, 11) is 4.14. The van der Waals surface area contributed by atoms with E-state index in [1.807, 2.05) is 18.2 Å². The number of ether oxygens (including phenoxy) is 1. The molecule has 184 valence electrons. The van der Waals surface area contributed by atoms with E-state index in [4.69, 9.17) is 20.4 Å². The average Bonchev–Trinajstić information content (AvgIpc) is 3.23. The third-order valence-electron chi connectivity index (χ3n) is 5.42. The Kier molecular flexibility index (Phi) is 8.06. The van der Waals surface area contributed by atoms with Gasteiger partial charge in [0, 0.05) is 37.0 Å². The van der Waals surface area contributed by atoms with Gasteiger partial charge in [-0.15, -0.1) is 16.4 Å². The van der Waals surface area contributed by atoms with Crippen LogP contribution >= 0.6 is 11.3 Å². The first-order valence-electron chi connectivity index (χ1n) is 11.6. The summed E-state index contributed by atoms with van der Waals surface area (Å²) in [5.74, 6) is 1.25. The quantitative estimate of drug-likeness (QED) is 0.288. The van der Waals surface area contributed by atoms with Crippen LogP contribution in [0.2, 0.25) is 0 Å². The normalized spacial score (nSPS) is 11.3. The van der Waals surface area contributed by atoms with E-state index in [0.717, 1.165) is 62.1 Å². The summed E-state index contributed by atoms with van der Waals surface area (Å²) >= 11 is 1.62. The van der Waals surface area contributed by atoms with Crippen molar-refractivity contribution in [3.05, 3.63) is 52.7 Å². The Morgan fingerprint density at radius 3 is 2.60 bits per heavy atom. The Hall–Kier alpha value is -3.34. The van der Waals surface area contributed by atoms with E-state index in [2.05, 4.69) is 65.8 Å². The first-order valence-corrected chi connectivity index (χ1v) is 12.4. The maximum Gasteiger partial charge on any atom is 0.243 e. The zero-order valence-electron chi connectivity index (χ0n) is 20.6. The van der Waals surface area contributed by atoms with E-state index in [0.29, 0.717) is 25.6 Å². The largest absolute Gasteiger partial charge is 0.492 e. The maximum absolute atomic E-state index is 5.60. The summed E-state index contributed by atoms with van der Waals surface area (Å²) < 4.78 is 6.70. The highest BCUT2D eigenvalue weighted by Gasteiger charge is 2.12. The number of hydrogen-bond donors (Lipinski definition) is 3. The molecule has 9 nitrogen and oxygen atoms in total. The molecule has 0 saturated heterocycles. The van der Waals surface area contributed by atoms with Crippen LogP contribution in [0.15, 0.2) is 36.5 Å². The highest BCUT2D eigenvalue weighted by atomic mass is 32.1. The minimum Gasteiger partial charge on any atom is -0.492 e. The third kappa shape index (κ3) is 6.41. The van der Waals surface area contributed by atoms with Gasteiger partial charge in [0.2, 0.25) is 5.95 Å². The number of hydrogen-bond acceptors (Lipinski definition) is 10. The van der Waals surface area contributed by atoms with Crippen molar-refractivity contribution in [1.82, 2.24) is 25.1 Å². The van der Waals surface area contributed by atoms with Crippen molar-refractivity contribution in [3.63, 3.8) is 0 Å². The molecule has 0 radical (unpaired) electrons. The average molecular weight is 493 g/mol. The minimum absolute atomic E-state index is 0.473. The van der Waals surface area contributed by atoms with E-state index < -0.39 is 0 Å². The second kappa shape index (κ2) is 11.4. The predicted molar refractivity (Wildman–Crippen MR) is 143 cm³/mol. The number of benzene rings is 2. The molecule has 0 amide bonds. The third-order valence-corrected chi connectivity index (χ3v) is 6.46. The molecular formula is C25H32N8OS. The topological polar surface area (TPSA) is 114 Å². The van der Waals surface area contributed by atoms with Crippen LogP contribution in [0.3, 0.4) is 0 Å². The summed E-state index contributed by atoms with van der Waals surface area (Å²) in [6.45, 7) is 7.54. The van der Waals surface area contributed by atoms with Crippen LogP contribution in [0, 0.1) is 13.8 Å². The number of aromatic nitrogens is 4. The van der Waals surface area contributed by atoms with E-state index in [-0.39, 0.29) is 0 Å². The highest BCUT2D eigenvalue weighted by molar-refractivity contribution is 7.18. The van der Waals surface area contributed by atoms with Crippen LogP contribution in [0.25, 0.3) is 21.5 Å². The number of anilines is 2. The second-order valence-corrected chi connectivity index (χ2v) is 9.72. The van der Waals surface area contributed by atoms with Crippen molar-refractivity contribution in [2.45, 2.75) is 20.4 Å². The summed E-state index contributed by atoms with van der Waals surface area (Å²) in [4.78, 5) is 11.6. The van der Waals surface area contributed by atoms with Crippen molar-refractivity contribution in [3.8, 4) is 17.0 Å². The fourth-order valence-corrected chi connectivity index (χ4v) is 4.73. The van der Waals surface area contributed by atoms with Crippen LogP contribution in [-0.4, -0.2) is 65.4 Å². The monoisotopic (exact) mass is 492 g/mol. The molecule has 0 aliphatic carbocycles. The molecule has 0 fully saturated rings. The van der Waals surface area contributed by atoms with Crippen LogP contribution in [-0.2, 0) is 6.54 Å². The predicted octanol–water partition coefficient (Wildman–Crippen LogP) is 3.69. The highest BCUT2D eigenvalue weighted by Crippen LogP contribution is 2.29. The molecule has 2 aromatic heterocycles. The Bertz CT molecular complexity index is 1270. The van der Waals surface area contributed by atoms with Gasteiger partial charge in [-0.25, -0.2) is 9.97 Å². The van der Waals surface area contributed by atoms with Crippen molar-refractivity contribution in [2.24, 2.45) is 5.73 Å². The molecule has 0 aliphatic rings. The van der Waals surface area contributed by atoms with Crippen molar-refractivity contribution < 1.29 is 4.74 Å². The minimum atomic E-state index is 0.473. The van der Waals surface area contributed by atoms with Crippen molar-refractivity contribution in [2.75, 3.05) is 51.0 Å². The molecule has 0 bridgehead atoms. The number of rotatable bonds is 11. The van der Waals surface area contributed by atoms with Crippen molar-refractivity contribution in [1.29, 1.82) is 0 Å². The van der Waals surface area contributed by atoms with Crippen molar-refractivity contribution >= 4 is 33.2 Å². The molecule has 35 heavy (non-hydrogen) atoms. The zero-order chi connectivity index (χ0) is 24.8. The molecule has 0 aliphatic heterocycles. The second-order valence-electron chi connectivity index (χ2n) is 8.61. The SMILES string of the molecule is Cc1cc(NCCN(C)C)cc(C)c1-c1cnnc(NCc2nc3cc(OCCN)ccc3s2)n1. The number of fused-ring (bicyclic) bond motifs is 1. The maximum atomic E-state index is 5.60. The van der Waals surface area contributed by atoms with Gasteiger partial charge in [-0.05, 0) is 63.3 Å². The number of nitrogens with zero attached hydrogens (tertiary/aromatic N) is 5. The molecule has 0 spiro atoms. The van der Waals surface area contributed by atoms with Gasteiger partial charge in [0.25, 0.3) is 0 Å². The van der Waals surface area contributed by atoms with E-state index in [1.165, 1.54) is 0 Å². The smallest absolute Gasteiger partial charge is 0.243 e. The molecule has 4 rings (SSSR count). The standard InChI is InChI=1S/C25H32N8OS/c1-16-11-18(27-8-9-33(3)4)12-17(2)24(16)21-14-29-32-25(31-21)28-15-23-30-20-13-19(34-10-7-26)5-6-22(20)35-23/h5-6,11-14,27H,7-10,15,26H2,1-4H3,(H,28,31,32). The molecular weight excluding hydrogens is 460 g/mol. The fraction of sp³-hybridized carbons (Fsp3) is 0.360. The number of nitrogens with two attached hydrogens (primary N) is 1. The lowest BCUT2D eigenvalue weighted by Crippen LogP contribution is -2.20. The first-order chi connectivity index (χ1) is 16.9. The molecule has 4 aromatic rings. The summed E-state index contributed by atoms with van der Waals surface area (Å²) in [6, 6.07) is 10.2.